The number of aromatic nitrogens is 18. The molecular weight excluding hydrogens is 918 g/mol. The van der Waals surface area contributed by atoms with Gasteiger partial charge in [-0.1, -0.05) is 0 Å². The zero-order valence-electron chi connectivity index (χ0n) is 33.2. The maximum atomic E-state index is 9.04. The fourth-order valence-electron chi connectivity index (χ4n) is 5.07. The molecule has 302 valence electrons. The second-order valence-corrected chi connectivity index (χ2v) is 12.3. The third-order valence-electron chi connectivity index (χ3n) is 8.17. The summed E-state index contributed by atoms with van der Waals surface area (Å²) < 4.78 is 9.59. The Morgan fingerprint density at radius 3 is 1.60 bits per heavy atom. The van der Waals surface area contributed by atoms with Gasteiger partial charge in [-0.05, 0) is 20.8 Å². The van der Waals surface area contributed by atoms with Gasteiger partial charge in [0, 0.05) is 63.4 Å². The van der Waals surface area contributed by atoms with Crippen LogP contribution in [0.3, 0.4) is 0 Å². The molecule has 25 heteroatoms. The molecule has 9 aromatic rings. The summed E-state index contributed by atoms with van der Waals surface area (Å²) in [6.07, 6.45) is 12.5. The molecule has 0 aliphatic carbocycles. The minimum atomic E-state index is -0.0550. The number of nitrogen functional groups attached to an aromatic ring is 2. The molecule has 9 heterocycles. The van der Waals surface area contributed by atoms with Gasteiger partial charge < -0.3 is 45.2 Å². The maximum absolute atomic E-state index is 9.04. The monoisotopic (exact) mass is 961 g/mol. The molecule has 0 spiro atoms. The maximum Gasteiger partial charge on any atom is 0.192 e. The number of hydrogen-bond acceptors (Lipinski definition) is 17. The molecule has 0 amide bonds. The first-order valence-corrected chi connectivity index (χ1v) is 16.8. The predicted molar refractivity (Wildman–Crippen MR) is 211 cm³/mol. The van der Waals surface area contributed by atoms with E-state index in [1.54, 1.807) is 72.8 Å². The zero-order chi connectivity index (χ0) is 41.6. The smallest absolute Gasteiger partial charge is 0.192 e. The number of anilines is 2. The first-order valence-electron chi connectivity index (χ1n) is 16.8. The van der Waals surface area contributed by atoms with Crippen LogP contribution in [0, 0.1) is 26.2 Å². The Bertz CT molecular complexity index is 2820. The van der Waals surface area contributed by atoms with Crippen LogP contribution >= 0.6 is 0 Å². The van der Waals surface area contributed by atoms with Crippen molar-refractivity contribution in [1.82, 2.24) is 87.4 Å². The molecule has 9 rings (SSSR count). The van der Waals surface area contributed by atoms with Gasteiger partial charge in [-0.15, -0.1) is 0 Å². The van der Waals surface area contributed by atoms with Gasteiger partial charge in [0.2, 0.25) is 0 Å². The summed E-state index contributed by atoms with van der Waals surface area (Å²) in [6.45, 7) is 5.76. The van der Waals surface area contributed by atoms with Crippen molar-refractivity contribution in [2.45, 2.75) is 20.8 Å². The van der Waals surface area contributed by atoms with E-state index in [4.69, 9.17) is 27.8 Å². The third-order valence-corrected chi connectivity index (χ3v) is 8.17. The number of nitrogens with two attached hydrogens (primary N) is 3. The van der Waals surface area contributed by atoms with E-state index in [9.17, 15) is 0 Å². The standard InChI is InChI=1S/C8H10N4.C7H8N4.C6H7N5O.C6H7N5.C6H11N5.W/c1-5-7-8(11-6(2)10-5)12(3)4-9-7;1-5-6-7(9-3-8-5)11(2)4-10-6;1-10-2-8-4-5(7)11(12)3-9-6(4)10;1-11-3-10-4-5(7)8-2-9-6(4)11;1-9-5(7)4-6(8)11(2)3-10-4;/h4H,1-3H3;3-4H,1-2H3;2-3,7,12H,1H3;2-3H,1H3,(H2,7,8,9);3H,8H2,1-2H3,(H2,7,9);. The number of amidine groups is 1. The number of rotatable bonds is 1. The van der Waals surface area contributed by atoms with Crippen LogP contribution in [0.1, 0.15) is 22.9 Å². The number of aliphatic imine (C=N–C) groups is 1. The summed E-state index contributed by atoms with van der Waals surface area (Å²) in [5.74, 6) is 2.12. The van der Waals surface area contributed by atoms with E-state index in [2.05, 4.69) is 64.8 Å². The second kappa shape index (κ2) is 18.6. The van der Waals surface area contributed by atoms with Gasteiger partial charge in [-0.3, -0.25) is 10.4 Å². The van der Waals surface area contributed by atoms with E-state index in [1.165, 1.54) is 12.7 Å². The molecule has 0 aromatic carbocycles. The Morgan fingerprint density at radius 1 is 0.586 bits per heavy atom. The number of fused-ring (bicyclic) bond motifs is 4. The Labute approximate surface area is 344 Å². The van der Waals surface area contributed by atoms with Gasteiger partial charge in [-0.25, -0.2) is 59.8 Å². The number of aryl methyl sites for hydroxylation is 8. The first kappa shape index (κ1) is 43.5. The fourth-order valence-corrected chi connectivity index (χ4v) is 5.07. The molecule has 9 aromatic heterocycles. The Hall–Kier alpha value is -7.23. The average molecular weight is 962 g/mol. The van der Waals surface area contributed by atoms with Crippen molar-refractivity contribution in [2.75, 3.05) is 18.5 Å². The summed E-state index contributed by atoms with van der Waals surface area (Å²) >= 11 is 0. The van der Waals surface area contributed by atoms with Crippen molar-refractivity contribution < 1.29 is 26.3 Å². The number of nitrogens with one attached hydrogen (secondary N) is 1. The molecule has 0 saturated carbocycles. The summed E-state index contributed by atoms with van der Waals surface area (Å²) in [5, 5.41) is 16.4. The molecule has 24 nitrogen and oxygen atoms in total. The second-order valence-electron chi connectivity index (χ2n) is 12.3. The van der Waals surface area contributed by atoms with Crippen LogP contribution < -0.4 is 22.7 Å². The van der Waals surface area contributed by atoms with Crippen molar-refractivity contribution in [3.05, 3.63) is 79.0 Å². The van der Waals surface area contributed by atoms with Crippen molar-refractivity contribution in [3.63, 3.8) is 0 Å². The molecular formula is C33H43N23OW. The van der Waals surface area contributed by atoms with E-state index in [1.807, 2.05) is 51.0 Å². The minimum Gasteiger partial charge on any atom is -0.425 e. The van der Waals surface area contributed by atoms with Crippen LogP contribution in [0.4, 0.5) is 11.6 Å². The fraction of sp³-hybridized carbons (Fsp3) is 0.273. The third kappa shape index (κ3) is 9.41. The average Bonchev–Trinajstić information content (AvgIpc) is 4.02. The molecule has 0 fully saturated rings. The van der Waals surface area contributed by atoms with Crippen molar-refractivity contribution >= 4 is 62.1 Å². The minimum absolute atomic E-state index is 0. The molecule has 58 heavy (non-hydrogen) atoms. The quantitative estimate of drug-likeness (QED) is 0.0846. The molecule has 0 saturated heterocycles. The SMILES string of the molecule is CN=C(N)c1ncn(C)c1N.Cc1nc(C)c2ncn(C)c2n1.Cc1ncnc2c1ncn2C.Cn1cnc2c(=N)n(O)cnc21.Cn1cnc2c(N)ncnc21.[W]. The van der Waals surface area contributed by atoms with E-state index < -0.39 is 0 Å². The molecule has 0 atom stereocenters. The summed E-state index contributed by atoms with van der Waals surface area (Å²) in [5.41, 5.74) is 25.0. The van der Waals surface area contributed by atoms with E-state index in [0.717, 1.165) is 45.2 Å². The van der Waals surface area contributed by atoms with Gasteiger partial charge in [0.25, 0.3) is 0 Å². The summed E-state index contributed by atoms with van der Waals surface area (Å²) in [6, 6.07) is 0. The summed E-state index contributed by atoms with van der Waals surface area (Å²) in [7, 11) is 10.9. The Kier molecular flexibility index (Phi) is 14.0. The molecule has 0 unspecified atom stereocenters. The van der Waals surface area contributed by atoms with Crippen LogP contribution in [0.25, 0.3) is 44.7 Å². The molecule has 0 aliphatic rings. The first-order chi connectivity index (χ1) is 27.1. The normalized spacial score (nSPS) is 10.8. The van der Waals surface area contributed by atoms with E-state index in [0.29, 0.717) is 44.6 Å². The van der Waals surface area contributed by atoms with Crippen LogP contribution in [-0.4, -0.2) is 105 Å². The van der Waals surface area contributed by atoms with Crippen LogP contribution in [0.2, 0.25) is 0 Å². The van der Waals surface area contributed by atoms with Crippen molar-refractivity contribution in [1.29, 1.82) is 5.41 Å². The van der Waals surface area contributed by atoms with Gasteiger partial charge >= 0.3 is 0 Å². The van der Waals surface area contributed by atoms with Crippen LogP contribution in [-0.2, 0) is 56.3 Å². The van der Waals surface area contributed by atoms with Gasteiger partial charge in [0.1, 0.15) is 58.7 Å². The Morgan fingerprint density at radius 2 is 1.07 bits per heavy atom. The number of nitrogens with zero attached hydrogens (tertiary/aromatic N) is 19. The molecule has 0 radical (unpaired) electrons. The van der Waals surface area contributed by atoms with Gasteiger partial charge in [-0.2, -0.15) is 4.73 Å². The van der Waals surface area contributed by atoms with Crippen LogP contribution in [0.15, 0.2) is 55.6 Å². The summed E-state index contributed by atoms with van der Waals surface area (Å²) in [4.78, 5) is 52.4. The van der Waals surface area contributed by atoms with Crippen molar-refractivity contribution in [3.8, 4) is 0 Å². The predicted octanol–water partition coefficient (Wildman–Crippen LogP) is 0.419. The molecule has 8 N–H and O–H groups in total. The van der Waals surface area contributed by atoms with Crippen LogP contribution in [0.5, 0.6) is 0 Å². The topological polar surface area (TPSA) is 319 Å². The van der Waals surface area contributed by atoms with E-state index in [-0.39, 0.29) is 26.6 Å². The van der Waals surface area contributed by atoms with Crippen molar-refractivity contribution in [2.24, 2.45) is 46.0 Å². The number of imidazole rings is 5. The van der Waals surface area contributed by atoms with E-state index >= 15 is 0 Å². The van der Waals surface area contributed by atoms with Gasteiger partial charge in [0.05, 0.1) is 43.0 Å². The molecule has 0 aliphatic heterocycles. The van der Waals surface area contributed by atoms with Gasteiger partial charge in [0.15, 0.2) is 39.4 Å². The zero-order valence-corrected chi connectivity index (χ0v) is 36.1. The number of hydrogen-bond donors (Lipinski definition) is 5. The largest absolute Gasteiger partial charge is 0.425 e. The Balaban J connectivity index is 0.000000160. The molecule has 0 bridgehead atoms.